The lowest BCUT2D eigenvalue weighted by molar-refractivity contribution is 0.860. The standard InChI is InChI=1S/C15H13IN4O/c1-2-3-11-13(16)15(21)20-14(19-11)9-4-5-10-12(8-9)18-7-6-17-10/h4-8H,2-3H2,1H3,(H,19,20,21). The highest BCUT2D eigenvalue weighted by Crippen LogP contribution is 2.20. The second-order valence-electron chi connectivity index (χ2n) is 4.69. The Kier molecular flexibility index (Phi) is 3.96. The molecule has 0 spiro atoms. The van der Waals surface area contributed by atoms with Gasteiger partial charge in [-0.05, 0) is 47.2 Å². The van der Waals surface area contributed by atoms with Crippen LogP contribution < -0.4 is 5.56 Å². The number of hydrogen-bond donors (Lipinski definition) is 1. The normalized spacial score (nSPS) is 11.0. The van der Waals surface area contributed by atoms with Gasteiger partial charge in [0.1, 0.15) is 5.82 Å². The van der Waals surface area contributed by atoms with Crippen LogP contribution in [0.3, 0.4) is 0 Å². The molecule has 5 nitrogen and oxygen atoms in total. The number of nitrogens with one attached hydrogen (secondary N) is 1. The van der Waals surface area contributed by atoms with Gasteiger partial charge in [0.15, 0.2) is 0 Å². The van der Waals surface area contributed by atoms with Crippen LogP contribution in [0.5, 0.6) is 0 Å². The highest BCUT2D eigenvalue weighted by Gasteiger charge is 2.10. The molecule has 1 aromatic carbocycles. The molecule has 0 bridgehead atoms. The minimum Gasteiger partial charge on any atom is -0.306 e. The maximum absolute atomic E-state index is 12.0. The zero-order valence-electron chi connectivity index (χ0n) is 11.4. The summed E-state index contributed by atoms with van der Waals surface area (Å²) in [7, 11) is 0. The van der Waals surface area contributed by atoms with Crippen molar-refractivity contribution in [2.24, 2.45) is 0 Å². The lowest BCUT2D eigenvalue weighted by Gasteiger charge is -2.06. The van der Waals surface area contributed by atoms with Crippen molar-refractivity contribution in [3.8, 4) is 11.4 Å². The number of nitrogens with zero attached hydrogens (tertiary/aromatic N) is 3. The third-order valence-electron chi connectivity index (χ3n) is 3.16. The van der Waals surface area contributed by atoms with Crippen molar-refractivity contribution in [1.82, 2.24) is 19.9 Å². The van der Waals surface area contributed by atoms with E-state index >= 15 is 0 Å². The number of halogens is 1. The SMILES string of the molecule is CCCc1nc(-c2ccc3nccnc3c2)[nH]c(=O)c1I. The summed E-state index contributed by atoms with van der Waals surface area (Å²) in [6.07, 6.45) is 5.06. The zero-order chi connectivity index (χ0) is 14.8. The molecular formula is C15H13IN4O. The summed E-state index contributed by atoms with van der Waals surface area (Å²) in [6.45, 7) is 2.07. The average Bonchev–Trinajstić information content (AvgIpc) is 2.51. The molecule has 0 aliphatic heterocycles. The molecule has 1 N–H and O–H groups in total. The lowest BCUT2D eigenvalue weighted by atomic mass is 10.1. The van der Waals surface area contributed by atoms with E-state index < -0.39 is 0 Å². The molecule has 0 fully saturated rings. The Morgan fingerprint density at radius 3 is 2.71 bits per heavy atom. The number of rotatable bonds is 3. The van der Waals surface area contributed by atoms with Crippen LogP contribution in [0.4, 0.5) is 0 Å². The average molecular weight is 392 g/mol. The molecule has 0 unspecified atom stereocenters. The summed E-state index contributed by atoms with van der Waals surface area (Å²) in [5.74, 6) is 0.580. The fraction of sp³-hybridized carbons (Fsp3) is 0.200. The maximum atomic E-state index is 12.0. The molecular weight excluding hydrogens is 379 g/mol. The van der Waals surface area contributed by atoms with Crippen molar-refractivity contribution in [1.29, 1.82) is 0 Å². The van der Waals surface area contributed by atoms with E-state index in [0.717, 1.165) is 35.1 Å². The Morgan fingerprint density at radius 1 is 1.19 bits per heavy atom. The van der Waals surface area contributed by atoms with Gasteiger partial charge in [0.2, 0.25) is 0 Å². The van der Waals surface area contributed by atoms with Gasteiger partial charge in [-0.3, -0.25) is 14.8 Å². The Morgan fingerprint density at radius 2 is 1.95 bits per heavy atom. The minimum atomic E-state index is -0.0942. The second kappa shape index (κ2) is 5.88. The summed E-state index contributed by atoms with van der Waals surface area (Å²) in [4.78, 5) is 28.0. The van der Waals surface area contributed by atoms with Crippen LogP contribution >= 0.6 is 22.6 Å². The highest BCUT2D eigenvalue weighted by atomic mass is 127. The fourth-order valence-electron chi connectivity index (χ4n) is 2.16. The smallest absolute Gasteiger partial charge is 0.264 e. The van der Waals surface area contributed by atoms with Gasteiger partial charge in [0.25, 0.3) is 5.56 Å². The van der Waals surface area contributed by atoms with E-state index in [9.17, 15) is 4.79 Å². The van der Waals surface area contributed by atoms with Crippen molar-refractivity contribution in [3.05, 3.63) is 50.2 Å². The van der Waals surface area contributed by atoms with Gasteiger partial charge in [-0.25, -0.2) is 4.98 Å². The van der Waals surface area contributed by atoms with Crippen molar-refractivity contribution in [2.75, 3.05) is 0 Å². The van der Waals surface area contributed by atoms with Crippen molar-refractivity contribution < 1.29 is 0 Å². The third kappa shape index (κ3) is 2.80. The molecule has 2 aromatic heterocycles. The fourth-order valence-corrected chi connectivity index (χ4v) is 2.68. The number of fused-ring (bicyclic) bond motifs is 1. The number of aryl methyl sites for hydroxylation is 1. The quantitative estimate of drug-likeness (QED) is 0.696. The third-order valence-corrected chi connectivity index (χ3v) is 4.27. The number of aromatic amines is 1. The Labute approximate surface area is 135 Å². The highest BCUT2D eigenvalue weighted by molar-refractivity contribution is 14.1. The van der Waals surface area contributed by atoms with Gasteiger partial charge in [0, 0.05) is 18.0 Å². The zero-order valence-corrected chi connectivity index (χ0v) is 13.6. The molecule has 0 radical (unpaired) electrons. The molecule has 0 amide bonds. The van der Waals surface area contributed by atoms with Crippen molar-refractivity contribution >= 4 is 33.6 Å². The van der Waals surface area contributed by atoms with Crippen LogP contribution in [0.2, 0.25) is 0 Å². The monoisotopic (exact) mass is 392 g/mol. The Hall–Kier alpha value is -1.83. The first kappa shape index (κ1) is 14.1. The van der Waals surface area contributed by atoms with Crippen LogP contribution in [0.25, 0.3) is 22.4 Å². The van der Waals surface area contributed by atoms with E-state index in [1.807, 2.05) is 40.8 Å². The van der Waals surface area contributed by atoms with Crippen LogP contribution in [0.15, 0.2) is 35.4 Å². The van der Waals surface area contributed by atoms with E-state index in [-0.39, 0.29) is 5.56 Å². The molecule has 21 heavy (non-hydrogen) atoms. The van der Waals surface area contributed by atoms with Gasteiger partial charge in [-0.1, -0.05) is 13.3 Å². The van der Waals surface area contributed by atoms with Crippen LogP contribution in [-0.4, -0.2) is 19.9 Å². The van der Waals surface area contributed by atoms with Crippen molar-refractivity contribution in [2.45, 2.75) is 19.8 Å². The number of hydrogen-bond acceptors (Lipinski definition) is 4. The molecule has 0 atom stereocenters. The van der Waals surface area contributed by atoms with Crippen LogP contribution in [0, 0.1) is 3.57 Å². The van der Waals surface area contributed by atoms with Crippen molar-refractivity contribution in [3.63, 3.8) is 0 Å². The first-order chi connectivity index (χ1) is 10.2. The van der Waals surface area contributed by atoms with Gasteiger partial charge >= 0.3 is 0 Å². The first-order valence-corrected chi connectivity index (χ1v) is 7.76. The molecule has 106 valence electrons. The van der Waals surface area contributed by atoms with Gasteiger partial charge in [0.05, 0.1) is 20.3 Å². The van der Waals surface area contributed by atoms with Gasteiger partial charge in [-0.15, -0.1) is 0 Å². The summed E-state index contributed by atoms with van der Waals surface area (Å²) in [5.41, 5.74) is 3.20. The van der Waals surface area contributed by atoms with Crippen LogP contribution in [-0.2, 0) is 6.42 Å². The lowest BCUT2D eigenvalue weighted by Crippen LogP contribution is -2.16. The molecule has 3 aromatic rings. The molecule has 2 heterocycles. The molecule has 3 rings (SSSR count). The minimum absolute atomic E-state index is 0.0942. The van der Waals surface area contributed by atoms with E-state index in [2.05, 4.69) is 26.9 Å². The summed E-state index contributed by atoms with van der Waals surface area (Å²) in [6, 6.07) is 5.68. The largest absolute Gasteiger partial charge is 0.306 e. The molecule has 0 saturated carbocycles. The predicted octanol–water partition coefficient (Wildman–Crippen LogP) is 2.94. The molecule has 6 heteroatoms. The summed E-state index contributed by atoms with van der Waals surface area (Å²) < 4.78 is 0.666. The van der Waals surface area contributed by atoms with E-state index in [1.165, 1.54) is 0 Å². The van der Waals surface area contributed by atoms with E-state index in [1.54, 1.807) is 12.4 Å². The number of benzene rings is 1. The first-order valence-electron chi connectivity index (χ1n) is 6.69. The number of H-pyrrole nitrogens is 1. The van der Waals surface area contributed by atoms with Crippen LogP contribution in [0.1, 0.15) is 19.0 Å². The van der Waals surface area contributed by atoms with Gasteiger partial charge < -0.3 is 4.98 Å². The summed E-state index contributed by atoms with van der Waals surface area (Å²) >= 11 is 2.05. The second-order valence-corrected chi connectivity index (χ2v) is 5.76. The predicted molar refractivity (Wildman–Crippen MR) is 90.1 cm³/mol. The summed E-state index contributed by atoms with van der Waals surface area (Å²) in [5, 5.41) is 0. The maximum Gasteiger partial charge on any atom is 0.264 e. The van der Waals surface area contributed by atoms with Gasteiger partial charge in [-0.2, -0.15) is 0 Å². The molecule has 0 saturated heterocycles. The molecule has 0 aliphatic carbocycles. The topological polar surface area (TPSA) is 71.5 Å². The Balaban J connectivity index is 2.15. The number of aromatic nitrogens is 4. The Bertz CT molecular complexity index is 860. The molecule has 0 aliphatic rings. The van der Waals surface area contributed by atoms with E-state index in [0.29, 0.717) is 9.39 Å². The van der Waals surface area contributed by atoms with E-state index in [4.69, 9.17) is 0 Å².